The highest BCUT2D eigenvalue weighted by atomic mass is 79.9. The lowest BCUT2D eigenvalue weighted by atomic mass is 9.85. The van der Waals surface area contributed by atoms with E-state index in [0.29, 0.717) is 0 Å². The van der Waals surface area contributed by atoms with Gasteiger partial charge in [0.25, 0.3) is 0 Å². The van der Waals surface area contributed by atoms with Crippen LogP contribution in [0.5, 0.6) is 0 Å². The minimum Gasteiger partial charge on any atom is -0.457 e. The van der Waals surface area contributed by atoms with E-state index in [-0.39, 0.29) is 11.9 Å². The number of halogens is 1. The summed E-state index contributed by atoms with van der Waals surface area (Å²) in [6.45, 7) is 6.63. The summed E-state index contributed by atoms with van der Waals surface area (Å²) in [4.78, 5) is 22.7. The van der Waals surface area contributed by atoms with Gasteiger partial charge in [-0.15, -0.1) is 0 Å². The van der Waals surface area contributed by atoms with Crippen LogP contribution in [-0.2, 0) is 19.1 Å². The van der Waals surface area contributed by atoms with E-state index in [1.54, 1.807) is 0 Å². The molecule has 1 aromatic carbocycles. The Bertz CT molecular complexity index is 565. The van der Waals surface area contributed by atoms with Gasteiger partial charge in [0.05, 0.1) is 0 Å². The molecule has 2 rings (SSSR count). The van der Waals surface area contributed by atoms with Crippen molar-refractivity contribution in [1.82, 2.24) is 0 Å². The Kier molecular flexibility index (Phi) is 3.91. The summed E-state index contributed by atoms with van der Waals surface area (Å²) in [5.74, 6) is -0.696. The molecule has 0 heterocycles. The van der Waals surface area contributed by atoms with Crippen LogP contribution in [-0.4, -0.2) is 11.9 Å². The molecule has 5 heteroatoms. The van der Waals surface area contributed by atoms with Gasteiger partial charge < -0.3 is 9.47 Å². The minimum absolute atomic E-state index is 0.347. The third kappa shape index (κ3) is 2.59. The molecule has 0 saturated heterocycles. The molecule has 1 aliphatic carbocycles. The first-order valence-corrected chi connectivity index (χ1v) is 7.16. The quantitative estimate of drug-likeness (QED) is 0.770. The molecule has 2 atom stereocenters. The molecule has 0 aliphatic heterocycles. The van der Waals surface area contributed by atoms with Gasteiger partial charge >= 0.3 is 11.9 Å². The number of hydrogen-bond donors (Lipinski definition) is 0. The Labute approximate surface area is 126 Å². The molecule has 0 N–H and O–H groups in total. The molecule has 4 nitrogen and oxygen atoms in total. The topological polar surface area (TPSA) is 52.6 Å². The summed E-state index contributed by atoms with van der Waals surface area (Å²) in [7, 11) is 0. The molecule has 20 heavy (non-hydrogen) atoms. The first-order valence-electron chi connectivity index (χ1n) is 6.37. The molecular weight excluding hydrogens is 324 g/mol. The highest BCUT2D eigenvalue weighted by molar-refractivity contribution is 9.10. The van der Waals surface area contributed by atoms with E-state index in [0.717, 1.165) is 15.6 Å². The fourth-order valence-electron chi connectivity index (χ4n) is 2.71. The summed E-state index contributed by atoms with van der Waals surface area (Å²) in [5, 5.41) is 0. The van der Waals surface area contributed by atoms with E-state index in [1.807, 2.05) is 32.0 Å². The lowest BCUT2D eigenvalue weighted by Crippen LogP contribution is -2.28. The first-order chi connectivity index (χ1) is 9.23. The van der Waals surface area contributed by atoms with Gasteiger partial charge in [0, 0.05) is 34.9 Å². The molecule has 0 aromatic heterocycles. The third-order valence-electron chi connectivity index (χ3n) is 3.53. The molecule has 1 aromatic rings. The van der Waals surface area contributed by atoms with E-state index in [9.17, 15) is 9.59 Å². The normalized spacial score (nSPS) is 23.1. The van der Waals surface area contributed by atoms with Crippen molar-refractivity contribution in [2.45, 2.75) is 39.9 Å². The van der Waals surface area contributed by atoms with Gasteiger partial charge in [0.1, 0.15) is 12.2 Å². The summed E-state index contributed by atoms with van der Waals surface area (Å²) in [6.07, 6.45) is -0.857. The van der Waals surface area contributed by atoms with Gasteiger partial charge in [-0.05, 0) is 12.1 Å². The largest absolute Gasteiger partial charge is 0.457 e. The molecule has 0 saturated carbocycles. The smallest absolute Gasteiger partial charge is 0.303 e. The SMILES string of the molecule is CC(=O)OC1c2ccc(Br)cc2C(OC(C)=O)C1(C)C. The van der Waals surface area contributed by atoms with Gasteiger partial charge in [0.2, 0.25) is 0 Å². The zero-order valence-corrected chi connectivity index (χ0v) is 13.5. The highest BCUT2D eigenvalue weighted by Gasteiger charge is 2.51. The van der Waals surface area contributed by atoms with Crippen LogP contribution in [0.15, 0.2) is 22.7 Å². The number of rotatable bonds is 2. The maximum absolute atomic E-state index is 11.4. The van der Waals surface area contributed by atoms with Gasteiger partial charge in [-0.25, -0.2) is 0 Å². The summed E-state index contributed by atoms with van der Waals surface area (Å²) in [5.41, 5.74) is 1.26. The Balaban J connectivity index is 2.52. The molecule has 2 unspecified atom stereocenters. The van der Waals surface area contributed by atoms with Crippen LogP contribution in [0.3, 0.4) is 0 Å². The van der Waals surface area contributed by atoms with Crippen molar-refractivity contribution in [3.05, 3.63) is 33.8 Å². The maximum Gasteiger partial charge on any atom is 0.303 e. The Morgan fingerprint density at radius 2 is 1.55 bits per heavy atom. The number of esters is 2. The predicted octanol–water partition coefficient (Wildman–Crippen LogP) is 3.70. The van der Waals surface area contributed by atoms with Gasteiger partial charge in [-0.2, -0.15) is 0 Å². The van der Waals surface area contributed by atoms with Crippen molar-refractivity contribution < 1.29 is 19.1 Å². The Morgan fingerprint density at radius 3 is 2.05 bits per heavy atom. The Morgan fingerprint density at radius 1 is 1.05 bits per heavy atom. The van der Waals surface area contributed by atoms with Crippen molar-refractivity contribution in [3.63, 3.8) is 0 Å². The number of carbonyl (C=O) groups excluding carboxylic acids is 2. The Hall–Kier alpha value is -1.36. The zero-order valence-electron chi connectivity index (χ0n) is 11.9. The second kappa shape index (κ2) is 5.20. The van der Waals surface area contributed by atoms with E-state index < -0.39 is 17.6 Å². The van der Waals surface area contributed by atoms with E-state index in [1.165, 1.54) is 13.8 Å². The van der Waals surface area contributed by atoms with Crippen LogP contribution in [0.1, 0.15) is 51.0 Å². The summed E-state index contributed by atoms with van der Waals surface area (Å²) >= 11 is 3.42. The molecular formula is C15H17BrO4. The molecule has 0 fully saturated rings. The first kappa shape index (κ1) is 15.0. The number of carbonyl (C=O) groups is 2. The van der Waals surface area contributed by atoms with Crippen LogP contribution >= 0.6 is 15.9 Å². The van der Waals surface area contributed by atoms with E-state index in [4.69, 9.17) is 9.47 Å². The van der Waals surface area contributed by atoms with Crippen LogP contribution in [0.25, 0.3) is 0 Å². The van der Waals surface area contributed by atoms with Gasteiger partial charge in [-0.1, -0.05) is 35.8 Å². The molecule has 0 spiro atoms. The van der Waals surface area contributed by atoms with Crippen molar-refractivity contribution in [2.75, 3.05) is 0 Å². The van der Waals surface area contributed by atoms with Gasteiger partial charge in [-0.3, -0.25) is 9.59 Å². The number of benzene rings is 1. The van der Waals surface area contributed by atoms with Crippen molar-refractivity contribution in [2.24, 2.45) is 5.41 Å². The molecule has 0 amide bonds. The highest BCUT2D eigenvalue weighted by Crippen LogP contribution is 2.56. The fourth-order valence-corrected chi connectivity index (χ4v) is 3.09. The third-order valence-corrected chi connectivity index (χ3v) is 4.03. The second-order valence-corrected chi connectivity index (χ2v) is 6.49. The maximum atomic E-state index is 11.4. The number of hydrogen-bond acceptors (Lipinski definition) is 4. The fraction of sp³-hybridized carbons (Fsp3) is 0.467. The summed E-state index contributed by atoms with van der Waals surface area (Å²) in [6, 6.07) is 5.70. The minimum atomic E-state index is -0.513. The molecule has 0 radical (unpaired) electrons. The van der Waals surface area contributed by atoms with Crippen molar-refractivity contribution >= 4 is 27.9 Å². The number of ether oxygens (including phenoxy) is 2. The molecule has 1 aliphatic rings. The van der Waals surface area contributed by atoms with E-state index in [2.05, 4.69) is 15.9 Å². The molecule has 0 bridgehead atoms. The predicted molar refractivity (Wildman–Crippen MR) is 76.9 cm³/mol. The zero-order chi connectivity index (χ0) is 15.1. The number of fused-ring (bicyclic) bond motifs is 1. The summed E-state index contributed by atoms with van der Waals surface area (Å²) < 4.78 is 11.8. The second-order valence-electron chi connectivity index (χ2n) is 5.57. The van der Waals surface area contributed by atoms with E-state index >= 15 is 0 Å². The lowest BCUT2D eigenvalue weighted by molar-refractivity contribution is -0.165. The van der Waals surface area contributed by atoms with Crippen LogP contribution in [0, 0.1) is 5.41 Å². The van der Waals surface area contributed by atoms with Gasteiger partial charge in [0.15, 0.2) is 0 Å². The van der Waals surface area contributed by atoms with Crippen LogP contribution in [0.4, 0.5) is 0 Å². The average Bonchev–Trinajstić information content (AvgIpc) is 2.49. The molecule has 108 valence electrons. The van der Waals surface area contributed by atoms with Crippen molar-refractivity contribution in [1.29, 1.82) is 0 Å². The average molecular weight is 341 g/mol. The van der Waals surface area contributed by atoms with Crippen molar-refractivity contribution in [3.8, 4) is 0 Å². The monoisotopic (exact) mass is 340 g/mol. The van der Waals surface area contributed by atoms with Crippen LogP contribution < -0.4 is 0 Å². The van der Waals surface area contributed by atoms with Crippen LogP contribution in [0.2, 0.25) is 0 Å². The standard InChI is InChI=1S/C15H17BrO4/c1-8(17)19-13-11-6-5-10(16)7-12(11)14(15(13,3)4)20-9(2)18/h5-7,13-14H,1-4H3. The lowest BCUT2D eigenvalue weighted by Gasteiger charge is -2.31.